The summed E-state index contributed by atoms with van der Waals surface area (Å²) in [5.74, 6) is 0.152. The number of ketones is 1. The highest BCUT2D eigenvalue weighted by Crippen LogP contribution is 2.31. The van der Waals surface area contributed by atoms with Crippen molar-refractivity contribution in [2.24, 2.45) is 0 Å². The molecule has 1 N–H and O–H groups in total. The fraction of sp³-hybridized carbons (Fsp3) is 0.0625. The molecule has 0 spiro atoms. The molecular formula is C16H10Cl2O2. The Balaban J connectivity index is 2.01. The van der Waals surface area contributed by atoms with Crippen molar-refractivity contribution in [2.45, 2.75) is 6.42 Å². The first-order valence-corrected chi connectivity index (χ1v) is 6.82. The SMILES string of the molecule is O=C1C(=Cc2cc(Cl)cc(Cl)c2)Cc2cc(O)ccc21. The lowest BCUT2D eigenvalue weighted by Gasteiger charge is -1.99. The summed E-state index contributed by atoms with van der Waals surface area (Å²) >= 11 is 11.9. The lowest BCUT2D eigenvalue weighted by atomic mass is 10.1. The number of fused-ring (bicyclic) bond motifs is 1. The highest BCUT2D eigenvalue weighted by atomic mass is 35.5. The van der Waals surface area contributed by atoms with Crippen LogP contribution >= 0.6 is 23.2 Å². The molecule has 20 heavy (non-hydrogen) atoms. The van der Waals surface area contributed by atoms with E-state index < -0.39 is 0 Å². The normalized spacial score (nSPS) is 15.7. The molecule has 0 bridgehead atoms. The Morgan fingerprint density at radius 3 is 2.45 bits per heavy atom. The zero-order valence-electron chi connectivity index (χ0n) is 10.4. The smallest absolute Gasteiger partial charge is 0.189 e. The third kappa shape index (κ3) is 2.45. The Morgan fingerprint density at radius 2 is 1.75 bits per heavy atom. The Kier molecular flexibility index (Phi) is 3.28. The van der Waals surface area contributed by atoms with Gasteiger partial charge in [-0.15, -0.1) is 0 Å². The van der Waals surface area contributed by atoms with Crippen LogP contribution in [0.5, 0.6) is 5.75 Å². The highest BCUT2D eigenvalue weighted by molar-refractivity contribution is 6.34. The molecule has 1 aliphatic rings. The summed E-state index contributed by atoms with van der Waals surface area (Å²) in [5.41, 5.74) is 2.95. The van der Waals surface area contributed by atoms with Gasteiger partial charge in [0.15, 0.2) is 5.78 Å². The number of carbonyl (C=O) groups is 1. The van der Waals surface area contributed by atoms with E-state index in [-0.39, 0.29) is 11.5 Å². The molecule has 100 valence electrons. The van der Waals surface area contributed by atoms with E-state index in [1.165, 1.54) is 6.07 Å². The summed E-state index contributed by atoms with van der Waals surface area (Å²) in [4.78, 5) is 12.3. The predicted octanol–water partition coefficient (Wildman–Crippen LogP) is 4.52. The van der Waals surface area contributed by atoms with E-state index in [9.17, 15) is 9.90 Å². The summed E-state index contributed by atoms with van der Waals surface area (Å²) in [7, 11) is 0. The first kappa shape index (κ1) is 13.2. The van der Waals surface area contributed by atoms with Gasteiger partial charge >= 0.3 is 0 Å². The molecule has 0 radical (unpaired) electrons. The van der Waals surface area contributed by atoms with Crippen LogP contribution in [0.3, 0.4) is 0 Å². The van der Waals surface area contributed by atoms with E-state index in [4.69, 9.17) is 23.2 Å². The van der Waals surface area contributed by atoms with Gasteiger partial charge in [-0.2, -0.15) is 0 Å². The molecule has 0 saturated heterocycles. The maximum atomic E-state index is 12.3. The molecule has 1 aliphatic carbocycles. The average molecular weight is 305 g/mol. The quantitative estimate of drug-likeness (QED) is 0.786. The van der Waals surface area contributed by atoms with Gasteiger partial charge in [-0.1, -0.05) is 23.2 Å². The third-order valence-corrected chi connectivity index (χ3v) is 3.67. The number of rotatable bonds is 1. The van der Waals surface area contributed by atoms with Crippen LogP contribution in [0.1, 0.15) is 21.5 Å². The molecule has 2 nitrogen and oxygen atoms in total. The van der Waals surface area contributed by atoms with Gasteiger partial charge in [-0.05, 0) is 53.6 Å². The van der Waals surface area contributed by atoms with Crippen molar-refractivity contribution in [2.75, 3.05) is 0 Å². The number of halogens is 2. The Morgan fingerprint density at radius 1 is 1.05 bits per heavy atom. The van der Waals surface area contributed by atoms with Crippen molar-refractivity contribution in [3.05, 3.63) is 68.7 Å². The Hall–Kier alpha value is -1.77. The number of hydrogen-bond donors (Lipinski definition) is 1. The summed E-state index contributed by atoms with van der Waals surface area (Å²) in [6.07, 6.45) is 2.30. The number of Topliss-reactive ketones (excluding diaryl/α,β-unsaturated/α-hetero) is 1. The molecule has 0 heterocycles. The van der Waals surface area contributed by atoms with Gasteiger partial charge in [0.25, 0.3) is 0 Å². The molecule has 0 aliphatic heterocycles. The molecule has 0 aromatic heterocycles. The fourth-order valence-electron chi connectivity index (χ4n) is 2.38. The van der Waals surface area contributed by atoms with Crippen LogP contribution in [0.15, 0.2) is 42.0 Å². The fourth-order valence-corrected chi connectivity index (χ4v) is 2.93. The maximum Gasteiger partial charge on any atom is 0.189 e. The van der Waals surface area contributed by atoms with Crippen LogP contribution in [0.2, 0.25) is 10.0 Å². The Bertz CT molecular complexity index is 728. The maximum absolute atomic E-state index is 12.3. The number of hydrogen-bond acceptors (Lipinski definition) is 2. The number of aromatic hydroxyl groups is 1. The molecule has 2 aromatic rings. The van der Waals surface area contributed by atoms with E-state index in [0.29, 0.717) is 27.6 Å². The zero-order chi connectivity index (χ0) is 14.3. The van der Waals surface area contributed by atoms with Crippen LogP contribution in [-0.4, -0.2) is 10.9 Å². The van der Waals surface area contributed by atoms with Crippen LogP contribution in [0.25, 0.3) is 6.08 Å². The first-order valence-electron chi connectivity index (χ1n) is 6.06. The molecule has 0 unspecified atom stereocenters. The molecule has 2 aromatic carbocycles. The van der Waals surface area contributed by atoms with E-state index in [2.05, 4.69) is 0 Å². The lowest BCUT2D eigenvalue weighted by molar-refractivity contribution is 0.104. The van der Waals surface area contributed by atoms with Gasteiger partial charge in [0.05, 0.1) is 0 Å². The van der Waals surface area contributed by atoms with Crippen molar-refractivity contribution >= 4 is 35.1 Å². The first-order chi connectivity index (χ1) is 9.52. The average Bonchev–Trinajstić information content (AvgIpc) is 2.64. The molecule has 0 amide bonds. The van der Waals surface area contributed by atoms with E-state index >= 15 is 0 Å². The topological polar surface area (TPSA) is 37.3 Å². The summed E-state index contributed by atoms with van der Waals surface area (Å²) in [6.45, 7) is 0. The van der Waals surface area contributed by atoms with Gasteiger partial charge in [0.1, 0.15) is 5.75 Å². The summed E-state index contributed by atoms with van der Waals surface area (Å²) in [6, 6.07) is 9.96. The van der Waals surface area contributed by atoms with Crippen molar-refractivity contribution in [1.29, 1.82) is 0 Å². The van der Waals surface area contributed by atoms with Crippen LogP contribution in [-0.2, 0) is 6.42 Å². The van der Waals surface area contributed by atoms with Gasteiger partial charge in [-0.3, -0.25) is 4.79 Å². The van der Waals surface area contributed by atoms with E-state index in [0.717, 1.165) is 11.1 Å². The van der Waals surface area contributed by atoms with E-state index in [1.54, 1.807) is 36.4 Å². The second-order valence-corrected chi connectivity index (χ2v) is 5.59. The van der Waals surface area contributed by atoms with Crippen LogP contribution < -0.4 is 0 Å². The summed E-state index contributed by atoms with van der Waals surface area (Å²) < 4.78 is 0. The minimum atomic E-state index is -0.0175. The molecule has 0 atom stereocenters. The van der Waals surface area contributed by atoms with Crippen LogP contribution in [0.4, 0.5) is 0 Å². The zero-order valence-corrected chi connectivity index (χ0v) is 11.9. The number of phenolic OH excluding ortho intramolecular Hbond substituents is 1. The third-order valence-electron chi connectivity index (χ3n) is 3.23. The molecule has 3 rings (SSSR count). The van der Waals surface area contributed by atoms with Crippen molar-refractivity contribution in [3.63, 3.8) is 0 Å². The number of benzene rings is 2. The minimum Gasteiger partial charge on any atom is -0.508 e. The Labute approximate surface area is 126 Å². The number of phenols is 1. The second-order valence-electron chi connectivity index (χ2n) is 4.72. The van der Waals surface area contributed by atoms with E-state index in [1.807, 2.05) is 0 Å². The van der Waals surface area contributed by atoms with Gasteiger partial charge in [0, 0.05) is 27.6 Å². The monoisotopic (exact) mass is 304 g/mol. The van der Waals surface area contributed by atoms with Crippen molar-refractivity contribution in [3.8, 4) is 5.75 Å². The van der Waals surface area contributed by atoms with Gasteiger partial charge < -0.3 is 5.11 Å². The van der Waals surface area contributed by atoms with Crippen molar-refractivity contribution in [1.82, 2.24) is 0 Å². The van der Waals surface area contributed by atoms with Gasteiger partial charge in [-0.25, -0.2) is 0 Å². The molecule has 0 saturated carbocycles. The number of carbonyl (C=O) groups excluding carboxylic acids is 1. The standard InChI is InChI=1S/C16H10Cl2O2/c17-12-4-9(5-13(18)8-12)3-11-6-10-7-14(19)1-2-15(10)16(11)20/h1-5,7-8,19H,6H2. The lowest BCUT2D eigenvalue weighted by Crippen LogP contribution is -1.95. The predicted molar refractivity (Wildman–Crippen MR) is 80.6 cm³/mol. The molecular weight excluding hydrogens is 295 g/mol. The summed E-state index contributed by atoms with van der Waals surface area (Å²) in [5, 5.41) is 10.5. The minimum absolute atomic E-state index is 0.0175. The van der Waals surface area contributed by atoms with Crippen LogP contribution in [0, 0.1) is 0 Å². The molecule has 4 heteroatoms. The second kappa shape index (κ2) is 4.97. The molecule has 0 fully saturated rings. The van der Waals surface area contributed by atoms with Gasteiger partial charge in [0.2, 0.25) is 0 Å². The highest BCUT2D eigenvalue weighted by Gasteiger charge is 2.24. The number of allylic oxidation sites excluding steroid dienone is 1. The van der Waals surface area contributed by atoms with Crippen molar-refractivity contribution < 1.29 is 9.90 Å². The largest absolute Gasteiger partial charge is 0.508 e.